The lowest BCUT2D eigenvalue weighted by Gasteiger charge is -2.31. The fourth-order valence-corrected chi connectivity index (χ4v) is 4.60. The van der Waals surface area contributed by atoms with Crippen LogP contribution in [0.5, 0.6) is 0 Å². The second-order valence-corrected chi connectivity index (χ2v) is 7.62. The molecule has 19 heavy (non-hydrogen) atoms. The van der Waals surface area contributed by atoms with Crippen molar-refractivity contribution in [3.63, 3.8) is 0 Å². The molecule has 1 aromatic heterocycles. The van der Waals surface area contributed by atoms with Gasteiger partial charge < -0.3 is 10.4 Å². The highest BCUT2D eigenvalue weighted by atomic mass is 32.2. The molecule has 4 nitrogen and oxygen atoms in total. The molecule has 0 saturated carbocycles. The molecule has 0 bridgehead atoms. The van der Waals surface area contributed by atoms with Crippen molar-refractivity contribution in [2.24, 2.45) is 15.7 Å². The Morgan fingerprint density at radius 2 is 2.00 bits per heavy atom. The molecular weight excluding hydrogens is 280 g/mol. The number of oxime groups is 2. The average Bonchev–Trinajstić information content (AvgIpc) is 2.73. The van der Waals surface area contributed by atoms with Crippen LogP contribution in [0, 0.1) is 5.41 Å². The maximum atomic E-state index is 9.30. The average molecular weight is 298 g/mol. The lowest BCUT2D eigenvalue weighted by molar-refractivity contribution is 0.306. The molecule has 2 rings (SSSR count). The van der Waals surface area contributed by atoms with Crippen molar-refractivity contribution in [3.05, 3.63) is 16.0 Å². The minimum absolute atomic E-state index is 0.0514. The van der Waals surface area contributed by atoms with Crippen molar-refractivity contribution in [2.75, 3.05) is 6.26 Å². The molecule has 1 aliphatic rings. The minimum atomic E-state index is 0.0514. The molecule has 6 heteroatoms. The predicted molar refractivity (Wildman–Crippen MR) is 80.5 cm³/mol. The molecule has 1 aliphatic carbocycles. The van der Waals surface area contributed by atoms with E-state index >= 15 is 0 Å². The Morgan fingerprint density at radius 3 is 2.53 bits per heavy atom. The first-order chi connectivity index (χ1) is 8.93. The highest BCUT2D eigenvalue weighted by Gasteiger charge is 2.35. The Labute approximate surface area is 121 Å². The highest BCUT2D eigenvalue weighted by Crippen LogP contribution is 2.44. The van der Waals surface area contributed by atoms with Crippen molar-refractivity contribution in [1.82, 2.24) is 0 Å². The van der Waals surface area contributed by atoms with Crippen LogP contribution < -0.4 is 0 Å². The summed E-state index contributed by atoms with van der Waals surface area (Å²) in [5, 5.41) is 25.2. The van der Waals surface area contributed by atoms with E-state index in [1.807, 2.05) is 6.26 Å². The van der Waals surface area contributed by atoms with E-state index in [0.29, 0.717) is 5.71 Å². The van der Waals surface area contributed by atoms with Gasteiger partial charge >= 0.3 is 0 Å². The van der Waals surface area contributed by atoms with Gasteiger partial charge in [-0.2, -0.15) is 0 Å². The number of thiophene rings is 1. The fraction of sp³-hybridized carbons (Fsp3) is 0.538. The normalized spacial score (nSPS) is 20.6. The van der Waals surface area contributed by atoms with Crippen molar-refractivity contribution in [2.45, 2.75) is 37.8 Å². The Hall–Kier alpha value is -1.01. The molecule has 0 fully saturated rings. The standard InChI is InChI=1S/C13H18N2O2S2/c1-7(14-16)11-8-5-13(2,3)6-9(15-17)10(8)12(18-4)19-11/h16-17H,5-6H2,1-4H3. The Balaban J connectivity index is 2.69. The third-order valence-corrected chi connectivity index (χ3v) is 5.81. The third kappa shape index (κ3) is 2.51. The summed E-state index contributed by atoms with van der Waals surface area (Å²) in [6.07, 6.45) is 3.67. The van der Waals surface area contributed by atoms with Crippen LogP contribution in [-0.4, -0.2) is 28.1 Å². The zero-order chi connectivity index (χ0) is 14.2. The first kappa shape index (κ1) is 14.4. The molecular formula is C13H18N2O2S2. The topological polar surface area (TPSA) is 65.2 Å². The van der Waals surface area contributed by atoms with Gasteiger partial charge in [-0.1, -0.05) is 24.2 Å². The van der Waals surface area contributed by atoms with E-state index in [4.69, 9.17) is 5.21 Å². The van der Waals surface area contributed by atoms with Crippen LogP contribution in [-0.2, 0) is 6.42 Å². The van der Waals surface area contributed by atoms with Gasteiger partial charge in [0.05, 0.1) is 20.5 Å². The van der Waals surface area contributed by atoms with Gasteiger partial charge in [0.1, 0.15) is 0 Å². The summed E-state index contributed by atoms with van der Waals surface area (Å²) in [5.41, 5.74) is 3.60. The molecule has 0 spiro atoms. The maximum Gasteiger partial charge on any atom is 0.0939 e. The summed E-state index contributed by atoms with van der Waals surface area (Å²) in [5.74, 6) is 0. The lowest BCUT2D eigenvalue weighted by atomic mass is 9.74. The summed E-state index contributed by atoms with van der Waals surface area (Å²) in [4.78, 5) is 0.996. The van der Waals surface area contributed by atoms with Crippen molar-refractivity contribution in [3.8, 4) is 0 Å². The molecule has 104 valence electrons. The van der Waals surface area contributed by atoms with E-state index in [-0.39, 0.29) is 5.41 Å². The molecule has 0 saturated heterocycles. The molecule has 0 aliphatic heterocycles. The van der Waals surface area contributed by atoms with Gasteiger partial charge in [-0.15, -0.1) is 23.1 Å². The molecule has 1 heterocycles. The van der Waals surface area contributed by atoms with Gasteiger partial charge in [0, 0.05) is 5.56 Å². The first-order valence-electron chi connectivity index (χ1n) is 6.03. The van der Waals surface area contributed by atoms with E-state index in [1.165, 1.54) is 0 Å². The Morgan fingerprint density at radius 1 is 1.32 bits per heavy atom. The molecule has 2 N–H and O–H groups in total. The molecule has 0 unspecified atom stereocenters. The number of rotatable bonds is 2. The maximum absolute atomic E-state index is 9.30. The number of thioether (sulfide) groups is 1. The van der Waals surface area contributed by atoms with Crippen LogP contribution in [0.2, 0.25) is 0 Å². The van der Waals surface area contributed by atoms with Gasteiger partial charge in [0.15, 0.2) is 0 Å². The Bertz CT molecular complexity index is 559. The number of fused-ring (bicyclic) bond motifs is 1. The molecule has 0 atom stereocenters. The number of nitrogens with zero attached hydrogens (tertiary/aromatic N) is 2. The molecule has 0 aromatic carbocycles. The van der Waals surface area contributed by atoms with E-state index in [0.717, 1.165) is 38.8 Å². The van der Waals surface area contributed by atoms with Crippen LogP contribution in [0.4, 0.5) is 0 Å². The second kappa shape index (κ2) is 5.17. The monoisotopic (exact) mass is 298 g/mol. The van der Waals surface area contributed by atoms with Crippen LogP contribution in [0.25, 0.3) is 0 Å². The van der Waals surface area contributed by atoms with Crippen LogP contribution in [0.3, 0.4) is 0 Å². The summed E-state index contributed by atoms with van der Waals surface area (Å²) < 4.78 is 1.12. The zero-order valence-electron chi connectivity index (χ0n) is 11.5. The van der Waals surface area contributed by atoms with E-state index < -0.39 is 0 Å². The smallest absolute Gasteiger partial charge is 0.0939 e. The SMILES string of the molecule is CSc1sc(C(C)=NO)c2c1C(=NO)CC(C)(C)C2. The highest BCUT2D eigenvalue weighted by molar-refractivity contribution is 8.00. The molecule has 0 amide bonds. The summed E-state index contributed by atoms with van der Waals surface area (Å²) in [6.45, 7) is 6.12. The van der Waals surface area contributed by atoms with Crippen LogP contribution >= 0.6 is 23.1 Å². The third-order valence-electron chi connectivity index (χ3n) is 3.35. The van der Waals surface area contributed by atoms with E-state index in [1.54, 1.807) is 30.0 Å². The first-order valence-corrected chi connectivity index (χ1v) is 8.07. The molecule has 1 aromatic rings. The quantitative estimate of drug-likeness (QED) is 0.377. The molecule has 0 radical (unpaired) electrons. The largest absolute Gasteiger partial charge is 0.411 e. The van der Waals surface area contributed by atoms with E-state index in [9.17, 15) is 5.21 Å². The predicted octanol–water partition coefficient (Wildman–Crippen LogP) is 3.82. The van der Waals surface area contributed by atoms with Crippen molar-refractivity contribution < 1.29 is 10.4 Å². The van der Waals surface area contributed by atoms with Crippen LogP contribution in [0.15, 0.2) is 14.5 Å². The number of hydrogen-bond acceptors (Lipinski definition) is 6. The van der Waals surface area contributed by atoms with Crippen molar-refractivity contribution in [1.29, 1.82) is 0 Å². The van der Waals surface area contributed by atoms with Gasteiger partial charge in [0.2, 0.25) is 0 Å². The van der Waals surface area contributed by atoms with E-state index in [2.05, 4.69) is 24.2 Å². The van der Waals surface area contributed by atoms with Crippen LogP contribution in [0.1, 0.15) is 43.2 Å². The number of hydrogen-bond donors (Lipinski definition) is 2. The van der Waals surface area contributed by atoms with Gasteiger partial charge in [-0.25, -0.2) is 0 Å². The van der Waals surface area contributed by atoms with Gasteiger partial charge in [0.25, 0.3) is 0 Å². The van der Waals surface area contributed by atoms with Crippen molar-refractivity contribution >= 4 is 34.5 Å². The van der Waals surface area contributed by atoms with Gasteiger partial charge in [-0.3, -0.25) is 0 Å². The summed E-state index contributed by atoms with van der Waals surface area (Å²) >= 11 is 3.25. The zero-order valence-corrected chi connectivity index (χ0v) is 13.2. The summed E-state index contributed by atoms with van der Waals surface area (Å²) in [7, 11) is 0. The Kier molecular flexibility index (Phi) is 3.92. The second-order valence-electron chi connectivity index (χ2n) is 5.53. The van der Waals surface area contributed by atoms with Gasteiger partial charge in [-0.05, 0) is 37.0 Å². The lowest BCUT2D eigenvalue weighted by Crippen LogP contribution is -2.27. The minimum Gasteiger partial charge on any atom is -0.411 e. The fourth-order valence-electron chi connectivity index (χ4n) is 2.55. The summed E-state index contributed by atoms with van der Waals surface area (Å²) in [6, 6.07) is 0.